The minimum Gasteiger partial charge on any atom is -0.468 e. The van der Waals surface area contributed by atoms with Gasteiger partial charge in [0.05, 0.1) is 17.0 Å². The first-order valence-corrected chi connectivity index (χ1v) is 28.5. The minimum atomic E-state index is -0.151. The predicted molar refractivity (Wildman–Crippen MR) is 317 cm³/mol. The van der Waals surface area contributed by atoms with E-state index in [1.54, 1.807) is 5.56 Å². The van der Waals surface area contributed by atoms with Gasteiger partial charge in [0.2, 0.25) is 0 Å². The summed E-state index contributed by atoms with van der Waals surface area (Å²) in [5.74, 6) is 0. The number of hydrogen-bond acceptors (Lipinski definition) is 3. The van der Waals surface area contributed by atoms with E-state index in [2.05, 4.69) is 224 Å². The summed E-state index contributed by atoms with van der Waals surface area (Å²) in [6, 6.07) is 41.8. The molecule has 6 aromatic carbocycles. The summed E-state index contributed by atoms with van der Waals surface area (Å²) >= 11 is 0. The third-order valence-corrected chi connectivity index (χ3v) is 20.7. The number of nitrogens with zero attached hydrogens (tertiary/aromatic N) is 2. The molecule has 380 valence electrons. The van der Waals surface area contributed by atoms with Crippen LogP contribution in [0.4, 0.5) is 34.1 Å². The second-order valence-corrected chi connectivity index (χ2v) is 29.7. The van der Waals surface area contributed by atoms with Crippen LogP contribution in [0.25, 0.3) is 22.1 Å². The highest BCUT2D eigenvalue weighted by atomic mass is 16.3. The van der Waals surface area contributed by atoms with Crippen LogP contribution in [0.15, 0.2) is 108 Å². The second kappa shape index (κ2) is 15.1. The van der Waals surface area contributed by atoms with Crippen molar-refractivity contribution < 1.29 is 4.42 Å². The Balaban J connectivity index is 1.20. The number of anilines is 6. The zero-order valence-electron chi connectivity index (χ0n) is 47.9. The molecule has 7 aromatic rings. The first kappa shape index (κ1) is 48.2. The Kier molecular flexibility index (Phi) is 9.85. The van der Waals surface area contributed by atoms with Crippen molar-refractivity contribution in [3.8, 4) is 11.1 Å². The Labute approximate surface area is 444 Å². The lowest BCUT2D eigenvalue weighted by Gasteiger charge is -2.52. The molecule has 1 fully saturated rings. The summed E-state index contributed by atoms with van der Waals surface area (Å²) in [6.45, 7) is 39.1. The quantitative estimate of drug-likeness (QED) is 0.165. The lowest BCUT2D eigenvalue weighted by Crippen LogP contribution is -2.61. The third-order valence-electron chi connectivity index (χ3n) is 20.7. The molecule has 0 N–H and O–H groups in total. The largest absolute Gasteiger partial charge is 0.468 e. The molecule has 14 rings (SSSR count). The van der Waals surface area contributed by atoms with Crippen LogP contribution in [-0.4, -0.2) is 6.71 Å². The molecular formula is C70H81BN2O. The molecule has 0 atom stereocenters. The Morgan fingerprint density at radius 2 is 0.986 bits per heavy atom. The van der Waals surface area contributed by atoms with Crippen LogP contribution >= 0.6 is 0 Å². The standard InChI is InChI=1S/C70H81BN2O/c1-63(2,3)43-22-25-55(46(34-43)42-20-18-17-19-21-42)73-58-36-44(64(4,5)6)35-57-60(58)71(62-61(73)47-38-52-53(41-59(47)74-62)70(16)32-30-69(52,15)31-33-70)54-39-50-51(68(13,14)29-28-67(50,11)12)40-56(54)72(57)45-23-24-48-49(37-45)66(9,10)27-26-65(48,7)8/h17-25,34-41H,26-33H2,1-16H3. The SMILES string of the molecule is CC(C)(C)c1ccc(N2c3cc(C(C)(C)C)cc4c3B(c3cc5c(cc3N4c3ccc4c(c3)C(C)(C)CCC4(C)C)C(C)(C)CCC5(C)C)c3oc4cc5c(cc4c32)C2(C)CCC5(C)CC2)c(-c2ccccc2)c1. The fraction of sp³-hybridized carbons (Fsp3) is 0.457. The van der Waals surface area contributed by atoms with Gasteiger partial charge in [-0.2, -0.15) is 0 Å². The Bertz CT molecular complexity index is 3520. The van der Waals surface area contributed by atoms with Crippen LogP contribution in [0.5, 0.6) is 0 Å². The highest BCUT2D eigenvalue weighted by molar-refractivity contribution is 7.00. The van der Waals surface area contributed by atoms with E-state index in [0.717, 1.165) is 24.1 Å². The number of fused-ring (bicyclic) bond motifs is 10. The zero-order valence-corrected chi connectivity index (χ0v) is 47.9. The van der Waals surface area contributed by atoms with Crippen LogP contribution < -0.4 is 26.4 Å². The van der Waals surface area contributed by atoms with Gasteiger partial charge in [-0.05, 0) is 210 Å². The van der Waals surface area contributed by atoms with Crippen molar-refractivity contribution in [1.29, 1.82) is 0 Å². The molecule has 7 aliphatic rings. The molecule has 0 amide bonds. The van der Waals surface area contributed by atoms with Crippen LogP contribution in [0.2, 0.25) is 0 Å². The number of furan rings is 1. The number of hydrogen-bond donors (Lipinski definition) is 0. The topological polar surface area (TPSA) is 19.6 Å². The summed E-state index contributed by atoms with van der Waals surface area (Å²) in [5.41, 5.74) is 26.8. The molecule has 3 heterocycles. The van der Waals surface area contributed by atoms with Gasteiger partial charge in [-0.1, -0.05) is 159 Å². The van der Waals surface area contributed by atoms with Gasteiger partial charge < -0.3 is 14.2 Å². The Morgan fingerprint density at radius 3 is 1.58 bits per heavy atom. The summed E-state index contributed by atoms with van der Waals surface area (Å²) in [5, 5.41) is 1.24. The van der Waals surface area contributed by atoms with Crippen molar-refractivity contribution in [2.24, 2.45) is 0 Å². The molecular weight excluding hydrogens is 896 g/mol. The van der Waals surface area contributed by atoms with Crippen LogP contribution in [0, 0.1) is 0 Å². The lowest BCUT2D eigenvalue weighted by molar-refractivity contribution is 0.188. The van der Waals surface area contributed by atoms with Gasteiger partial charge in [0, 0.05) is 33.7 Å². The third kappa shape index (κ3) is 6.83. The molecule has 1 aromatic heterocycles. The predicted octanol–water partition coefficient (Wildman–Crippen LogP) is 17.6. The smallest absolute Gasteiger partial charge is 0.297 e. The normalized spacial score (nSPS) is 23.4. The first-order chi connectivity index (χ1) is 34.6. The van der Waals surface area contributed by atoms with Crippen molar-refractivity contribution >= 4 is 68.4 Å². The molecule has 0 unspecified atom stereocenters. The van der Waals surface area contributed by atoms with Crippen molar-refractivity contribution in [2.75, 3.05) is 9.80 Å². The zero-order chi connectivity index (χ0) is 52.2. The van der Waals surface area contributed by atoms with Gasteiger partial charge in [0.15, 0.2) is 0 Å². The lowest BCUT2D eigenvalue weighted by atomic mass is 9.35. The van der Waals surface area contributed by atoms with Gasteiger partial charge in [-0.15, -0.1) is 0 Å². The molecule has 3 nitrogen and oxygen atoms in total. The molecule has 1 saturated carbocycles. The van der Waals surface area contributed by atoms with Gasteiger partial charge in [-0.3, -0.25) is 0 Å². The van der Waals surface area contributed by atoms with Crippen LogP contribution in [-0.2, 0) is 43.3 Å². The molecule has 0 spiro atoms. The van der Waals surface area contributed by atoms with Gasteiger partial charge in [0.1, 0.15) is 5.58 Å². The van der Waals surface area contributed by atoms with E-state index < -0.39 is 0 Å². The van der Waals surface area contributed by atoms with Crippen LogP contribution in [0.1, 0.15) is 207 Å². The summed E-state index contributed by atoms with van der Waals surface area (Å²) in [4.78, 5) is 5.42. The van der Waals surface area contributed by atoms with E-state index in [4.69, 9.17) is 4.42 Å². The summed E-state index contributed by atoms with van der Waals surface area (Å²) < 4.78 is 7.86. The highest BCUT2D eigenvalue weighted by Crippen LogP contribution is 2.59. The van der Waals surface area contributed by atoms with E-state index in [-0.39, 0.29) is 50.0 Å². The molecule has 0 saturated heterocycles. The highest BCUT2D eigenvalue weighted by Gasteiger charge is 2.52. The monoisotopic (exact) mass is 977 g/mol. The van der Waals surface area contributed by atoms with Gasteiger partial charge in [-0.25, -0.2) is 0 Å². The molecule has 5 aliphatic carbocycles. The molecule has 0 radical (unpaired) electrons. The maximum absolute atomic E-state index is 7.86. The van der Waals surface area contributed by atoms with Crippen molar-refractivity contribution in [1.82, 2.24) is 0 Å². The average Bonchev–Trinajstić information content (AvgIpc) is 3.76. The van der Waals surface area contributed by atoms with Gasteiger partial charge in [0.25, 0.3) is 6.71 Å². The van der Waals surface area contributed by atoms with E-state index >= 15 is 0 Å². The van der Waals surface area contributed by atoms with Crippen molar-refractivity contribution in [3.05, 3.63) is 148 Å². The van der Waals surface area contributed by atoms with Gasteiger partial charge >= 0.3 is 0 Å². The number of rotatable bonds is 3. The summed E-state index contributed by atoms with van der Waals surface area (Å²) in [7, 11) is 0. The number of benzene rings is 6. The van der Waals surface area contributed by atoms with E-state index in [9.17, 15) is 0 Å². The van der Waals surface area contributed by atoms with E-state index in [0.29, 0.717) is 0 Å². The minimum absolute atomic E-state index is 0.0192. The van der Waals surface area contributed by atoms with Crippen molar-refractivity contribution in [2.45, 2.75) is 205 Å². The fourth-order valence-corrected chi connectivity index (χ4v) is 15.2. The molecule has 2 bridgehead atoms. The molecule has 2 aliphatic heterocycles. The fourth-order valence-electron chi connectivity index (χ4n) is 15.2. The Morgan fingerprint density at radius 1 is 0.446 bits per heavy atom. The second-order valence-electron chi connectivity index (χ2n) is 29.7. The van der Waals surface area contributed by atoms with E-state index in [1.165, 1.54) is 139 Å². The summed E-state index contributed by atoms with van der Waals surface area (Å²) in [6.07, 6.45) is 9.63. The van der Waals surface area contributed by atoms with Crippen LogP contribution in [0.3, 0.4) is 0 Å². The van der Waals surface area contributed by atoms with Crippen molar-refractivity contribution in [3.63, 3.8) is 0 Å². The molecule has 74 heavy (non-hydrogen) atoms. The maximum Gasteiger partial charge on any atom is 0.297 e. The average molecular weight is 977 g/mol. The van der Waals surface area contributed by atoms with E-state index in [1.807, 2.05) is 0 Å². The first-order valence-electron chi connectivity index (χ1n) is 28.5. The Hall–Kier alpha value is -5.48. The maximum atomic E-state index is 7.86. The molecule has 4 heteroatoms.